The summed E-state index contributed by atoms with van der Waals surface area (Å²) in [6.45, 7) is 0.678. The molecule has 2 aromatic rings. The standard InChI is InChI=1S/C14H13BBrFO3/c16-13-4-2-1-3-11(13)9-20-8-10-5-6-14(17)12(7-10)15(18)19/h1-7,18-19H,8-9H2. The van der Waals surface area contributed by atoms with E-state index in [1.54, 1.807) is 6.07 Å². The van der Waals surface area contributed by atoms with E-state index in [4.69, 9.17) is 14.8 Å². The van der Waals surface area contributed by atoms with E-state index in [1.807, 2.05) is 24.3 Å². The lowest BCUT2D eigenvalue weighted by molar-refractivity contribution is 0.107. The first-order valence-corrected chi connectivity index (χ1v) is 6.83. The molecule has 6 heteroatoms. The van der Waals surface area contributed by atoms with Gasteiger partial charge in [0.1, 0.15) is 5.82 Å². The Morgan fingerprint density at radius 2 is 1.85 bits per heavy atom. The van der Waals surface area contributed by atoms with Crippen molar-refractivity contribution in [3.63, 3.8) is 0 Å². The Labute approximate surface area is 125 Å². The minimum atomic E-state index is -1.82. The van der Waals surface area contributed by atoms with Crippen molar-refractivity contribution in [2.24, 2.45) is 0 Å². The molecular weight excluding hydrogens is 326 g/mol. The molecule has 2 rings (SSSR count). The lowest BCUT2D eigenvalue weighted by atomic mass is 9.79. The first-order valence-electron chi connectivity index (χ1n) is 6.03. The highest BCUT2D eigenvalue weighted by Crippen LogP contribution is 2.17. The molecule has 0 aliphatic rings. The van der Waals surface area contributed by atoms with Crippen molar-refractivity contribution in [1.82, 2.24) is 0 Å². The molecule has 3 nitrogen and oxygen atoms in total. The molecule has 0 saturated carbocycles. The van der Waals surface area contributed by atoms with E-state index in [-0.39, 0.29) is 12.1 Å². The summed E-state index contributed by atoms with van der Waals surface area (Å²) in [5.41, 5.74) is 1.55. The van der Waals surface area contributed by atoms with E-state index in [0.717, 1.165) is 10.0 Å². The molecule has 0 fully saturated rings. The van der Waals surface area contributed by atoms with E-state index >= 15 is 0 Å². The highest BCUT2D eigenvalue weighted by molar-refractivity contribution is 9.10. The van der Waals surface area contributed by atoms with E-state index in [2.05, 4.69) is 15.9 Å². The third-order valence-corrected chi connectivity index (χ3v) is 3.60. The predicted molar refractivity (Wildman–Crippen MR) is 78.9 cm³/mol. The Hall–Kier alpha value is -1.21. The van der Waals surface area contributed by atoms with Gasteiger partial charge in [-0.15, -0.1) is 0 Å². The molecule has 0 radical (unpaired) electrons. The van der Waals surface area contributed by atoms with Crippen molar-refractivity contribution in [2.45, 2.75) is 13.2 Å². The summed E-state index contributed by atoms with van der Waals surface area (Å²) in [4.78, 5) is 0. The topological polar surface area (TPSA) is 49.7 Å². The van der Waals surface area contributed by atoms with Gasteiger partial charge in [0.25, 0.3) is 0 Å². The number of hydrogen-bond acceptors (Lipinski definition) is 3. The number of ether oxygens (including phenoxy) is 1. The zero-order valence-electron chi connectivity index (χ0n) is 10.6. The van der Waals surface area contributed by atoms with E-state index in [9.17, 15) is 4.39 Å². The molecule has 104 valence electrons. The SMILES string of the molecule is OB(O)c1cc(COCc2ccccc2Br)ccc1F. The lowest BCUT2D eigenvalue weighted by Gasteiger charge is -2.08. The summed E-state index contributed by atoms with van der Waals surface area (Å²) < 4.78 is 19.8. The molecule has 0 aliphatic heterocycles. The third kappa shape index (κ3) is 3.90. The molecule has 0 aromatic heterocycles. The smallest absolute Gasteiger partial charge is 0.423 e. The first-order chi connectivity index (χ1) is 9.58. The van der Waals surface area contributed by atoms with Gasteiger partial charge in [-0.25, -0.2) is 4.39 Å². The zero-order chi connectivity index (χ0) is 14.5. The van der Waals surface area contributed by atoms with Crippen LogP contribution in [0.15, 0.2) is 46.9 Å². The van der Waals surface area contributed by atoms with Crippen molar-refractivity contribution in [3.8, 4) is 0 Å². The molecule has 2 aromatic carbocycles. The molecule has 0 bridgehead atoms. The summed E-state index contributed by atoms with van der Waals surface area (Å²) in [6.07, 6.45) is 0. The Morgan fingerprint density at radius 3 is 2.55 bits per heavy atom. The summed E-state index contributed by atoms with van der Waals surface area (Å²) in [6, 6.07) is 11.9. The maximum absolute atomic E-state index is 13.3. The number of rotatable bonds is 5. The fourth-order valence-electron chi connectivity index (χ4n) is 1.78. The van der Waals surface area contributed by atoms with Gasteiger partial charge in [-0.05, 0) is 23.3 Å². The molecule has 20 heavy (non-hydrogen) atoms. The van der Waals surface area contributed by atoms with Crippen LogP contribution in [0.4, 0.5) is 4.39 Å². The Balaban J connectivity index is 1.98. The van der Waals surface area contributed by atoms with Crippen LogP contribution in [0.25, 0.3) is 0 Å². The van der Waals surface area contributed by atoms with Gasteiger partial charge in [-0.3, -0.25) is 0 Å². The van der Waals surface area contributed by atoms with Crippen LogP contribution in [0.1, 0.15) is 11.1 Å². The van der Waals surface area contributed by atoms with Crippen LogP contribution in [-0.2, 0) is 18.0 Å². The molecule has 0 spiro atoms. The molecule has 0 atom stereocenters. The van der Waals surface area contributed by atoms with Crippen LogP contribution in [-0.4, -0.2) is 17.2 Å². The van der Waals surface area contributed by atoms with Gasteiger partial charge in [-0.2, -0.15) is 0 Å². The zero-order valence-corrected chi connectivity index (χ0v) is 12.2. The summed E-state index contributed by atoms with van der Waals surface area (Å²) in [5, 5.41) is 18.1. The molecule has 0 amide bonds. The van der Waals surface area contributed by atoms with Crippen LogP contribution >= 0.6 is 15.9 Å². The van der Waals surface area contributed by atoms with Gasteiger partial charge in [0.2, 0.25) is 0 Å². The van der Waals surface area contributed by atoms with Crippen LogP contribution in [0.3, 0.4) is 0 Å². The average molecular weight is 339 g/mol. The Kier molecular flexibility index (Phi) is 5.31. The maximum atomic E-state index is 13.3. The number of hydrogen-bond donors (Lipinski definition) is 2. The number of benzene rings is 2. The normalized spacial score (nSPS) is 10.6. The fourth-order valence-corrected chi connectivity index (χ4v) is 2.17. The summed E-state index contributed by atoms with van der Waals surface area (Å²) in [7, 11) is -1.82. The predicted octanol–water partition coefficient (Wildman–Crippen LogP) is 1.98. The average Bonchev–Trinajstić information content (AvgIpc) is 2.42. The van der Waals surface area contributed by atoms with E-state index < -0.39 is 12.9 Å². The molecule has 0 unspecified atom stereocenters. The van der Waals surface area contributed by atoms with Gasteiger partial charge < -0.3 is 14.8 Å². The highest BCUT2D eigenvalue weighted by atomic mass is 79.9. The summed E-state index contributed by atoms with van der Waals surface area (Å²) in [5.74, 6) is -0.644. The van der Waals surface area contributed by atoms with Crippen molar-refractivity contribution >= 4 is 28.5 Å². The van der Waals surface area contributed by atoms with Crippen molar-refractivity contribution < 1.29 is 19.2 Å². The van der Waals surface area contributed by atoms with Gasteiger partial charge in [0, 0.05) is 9.94 Å². The highest BCUT2D eigenvalue weighted by Gasteiger charge is 2.16. The van der Waals surface area contributed by atoms with Crippen LogP contribution in [0, 0.1) is 5.82 Å². The molecule has 2 N–H and O–H groups in total. The molecule has 0 saturated heterocycles. The Morgan fingerprint density at radius 1 is 1.10 bits per heavy atom. The first kappa shape index (κ1) is 15.2. The fraction of sp³-hybridized carbons (Fsp3) is 0.143. The van der Waals surface area contributed by atoms with Crippen molar-refractivity contribution in [3.05, 3.63) is 63.9 Å². The second-order valence-corrected chi connectivity index (χ2v) is 5.17. The van der Waals surface area contributed by atoms with Crippen LogP contribution in [0.5, 0.6) is 0 Å². The quantitative estimate of drug-likeness (QED) is 0.820. The maximum Gasteiger partial charge on any atom is 0.491 e. The van der Waals surface area contributed by atoms with Gasteiger partial charge in [0.15, 0.2) is 0 Å². The third-order valence-electron chi connectivity index (χ3n) is 2.82. The van der Waals surface area contributed by atoms with Crippen molar-refractivity contribution in [2.75, 3.05) is 0 Å². The van der Waals surface area contributed by atoms with E-state index in [0.29, 0.717) is 12.2 Å². The molecule has 0 heterocycles. The second-order valence-electron chi connectivity index (χ2n) is 4.31. The van der Waals surface area contributed by atoms with Gasteiger partial charge >= 0.3 is 7.12 Å². The summed E-state index contributed by atoms with van der Waals surface area (Å²) >= 11 is 3.43. The minimum absolute atomic E-state index is 0.146. The minimum Gasteiger partial charge on any atom is -0.423 e. The second kappa shape index (κ2) is 6.99. The van der Waals surface area contributed by atoms with Crippen LogP contribution < -0.4 is 5.46 Å². The largest absolute Gasteiger partial charge is 0.491 e. The van der Waals surface area contributed by atoms with E-state index in [1.165, 1.54) is 12.1 Å². The monoisotopic (exact) mass is 338 g/mol. The Bertz CT molecular complexity index is 592. The van der Waals surface area contributed by atoms with Crippen molar-refractivity contribution in [1.29, 1.82) is 0 Å². The number of halogens is 2. The van der Waals surface area contributed by atoms with Crippen LogP contribution in [0.2, 0.25) is 0 Å². The molecular formula is C14H13BBrFO3. The van der Waals surface area contributed by atoms with Gasteiger partial charge in [-0.1, -0.05) is 46.3 Å². The van der Waals surface area contributed by atoms with Gasteiger partial charge in [0.05, 0.1) is 13.2 Å². The lowest BCUT2D eigenvalue weighted by Crippen LogP contribution is -2.33. The molecule has 0 aliphatic carbocycles.